The van der Waals surface area contributed by atoms with E-state index < -0.39 is 17.6 Å². The van der Waals surface area contributed by atoms with Crippen LogP contribution >= 0.6 is 0 Å². The number of hydrogen-bond acceptors (Lipinski definition) is 3. The van der Waals surface area contributed by atoms with Crippen molar-refractivity contribution >= 4 is 5.91 Å². The molecule has 1 fully saturated rings. The molecule has 1 saturated heterocycles. The molecule has 4 nitrogen and oxygen atoms in total. The van der Waals surface area contributed by atoms with Gasteiger partial charge >= 0.3 is 6.18 Å². The number of aryl methyl sites for hydroxylation is 2. The van der Waals surface area contributed by atoms with Gasteiger partial charge in [-0.25, -0.2) is 0 Å². The second-order valence-corrected chi connectivity index (χ2v) is 6.50. The summed E-state index contributed by atoms with van der Waals surface area (Å²) in [5.41, 5.74) is 0.205. The molecule has 0 aliphatic carbocycles. The van der Waals surface area contributed by atoms with Crippen molar-refractivity contribution in [3.05, 3.63) is 17.0 Å². The van der Waals surface area contributed by atoms with Crippen molar-refractivity contribution in [1.82, 2.24) is 10.1 Å². The lowest BCUT2D eigenvalue weighted by Gasteiger charge is -2.36. The normalized spacial score (nSPS) is 21.0. The minimum Gasteiger partial charge on any atom is -0.361 e. The Balaban J connectivity index is 2.21. The number of hydrogen-bond donors (Lipinski definition) is 0. The van der Waals surface area contributed by atoms with Crippen LogP contribution in [0.1, 0.15) is 51.1 Å². The molecule has 0 bridgehead atoms. The Morgan fingerprint density at radius 2 is 2.00 bits per heavy atom. The second-order valence-electron chi connectivity index (χ2n) is 6.50. The topological polar surface area (TPSA) is 46.3 Å². The number of halogens is 3. The molecule has 1 aliphatic rings. The average molecular weight is 332 g/mol. The van der Waals surface area contributed by atoms with Gasteiger partial charge < -0.3 is 9.42 Å². The van der Waals surface area contributed by atoms with E-state index >= 15 is 0 Å². The Hall–Kier alpha value is -1.53. The fourth-order valence-electron chi connectivity index (χ4n) is 3.48. The van der Waals surface area contributed by atoms with Crippen molar-refractivity contribution in [2.45, 2.75) is 65.1 Å². The molecule has 2 heterocycles. The third-order valence-corrected chi connectivity index (χ3v) is 4.82. The third kappa shape index (κ3) is 3.23. The van der Waals surface area contributed by atoms with Gasteiger partial charge in [0.15, 0.2) is 0 Å². The minimum absolute atomic E-state index is 0.0455. The highest BCUT2D eigenvalue weighted by atomic mass is 19.4. The Labute approximate surface area is 134 Å². The third-order valence-electron chi connectivity index (χ3n) is 4.82. The van der Waals surface area contributed by atoms with Crippen molar-refractivity contribution in [3.8, 4) is 0 Å². The first-order valence-corrected chi connectivity index (χ1v) is 7.96. The van der Waals surface area contributed by atoms with Crippen LogP contribution in [0.3, 0.4) is 0 Å². The Morgan fingerprint density at radius 1 is 1.35 bits per heavy atom. The average Bonchev–Trinajstić information content (AvgIpc) is 2.97. The molecule has 1 aliphatic heterocycles. The van der Waals surface area contributed by atoms with Crippen molar-refractivity contribution in [2.75, 3.05) is 6.54 Å². The van der Waals surface area contributed by atoms with Crippen LogP contribution in [0.5, 0.6) is 0 Å². The van der Waals surface area contributed by atoms with Crippen LogP contribution < -0.4 is 0 Å². The summed E-state index contributed by atoms with van der Waals surface area (Å²) in [4.78, 5) is 14.0. The second kappa shape index (κ2) is 6.17. The molecule has 0 spiro atoms. The molecule has 0 unspecified atom stereocenters. The molecule has 0 radical (unpaired) electrons. The number of carbonyl (C=O) groups excluding carboxylic acids is 1. The van der Waals surface area contributed by atoms with E-state index in [1.807, 2.05) is 13.8 Å². The maximum atomic E-state index is 13.1. The molecule has 1 atom stereocenters. The van der Waals surface area contributed by atoms with Gasteiger partial charge in [-0.3, -0.25) is 4.79 Å². The van der Waals surface area contributed by atoms with Crippen LogP contribution in [0, 0.1) is 5.92 Å². The summed E-state index contributed by atoms with van der Waals surface area (Å²) in [6.07, 6.45) is -3.07. The van der Waals surface area contributed by atoms with Crippen LogP contribution in [-0.2, 0) is 24.1 Å². The lowest BCUT2D eigenvalue weighted by Crippen LogP contribution is -2.50. The van der Waals surface area contributed by atoms with E-state index in [4.69, 9.17) is 4.52 Å². The van der Waals surface area contributed by atoms with Gasteiger partial charge in [-0.15, -0.1) is 0 Å². The number of rotatable bonds is 4. The zero-order valence-electron chi connectivity index (χ0n) is 14.0. The highest BCUT2D eigenvalue weighted by Crippen LogP contribution is 2.44. The number of alkyl halides is 3. The van der Waals surface area contributed by atoms with Crippen LogP contribution in [-0.4, -0.2) is 34.2 Å². The van der Waals surface area contributed by atoms with Gasteiger partial charge in [0.2, 0.25) is 5.91 Å². The summed E-state index contributed by atoms with van der Waals surface area (Å²) in [7, 11) is 0. The summed E-state index contributed by atoms with van der Waals surface area (Å²) >= 11 is 0. The number of likely N-dealkylation sites (tertiary alicyclic amines) is 1. The van der Waals surface area contributed by atoms with E-state index in [-0.39, 0.29) is 25.3 Å². The van der Waals surface area contributed by atoms with E-state index in [0.29, 0.717) is 24.3 Å². The van der Waals surface area contributed by atoms with Crippen LogP contribution in [0.25, 0.3) is 0 Å². The number of aromatic nitrogens is 1. The molecule has 1 aromatic heterocycles. The van der Waals surface area contributed by atoms with Gasteiger partial charge in [0, 0.05) is 24.1 Å². The summed E-state index contributed by atoms with van der Waals surface area (Å²) in [6, 6.07) is 0. The molecule has 0 saturated carbocycles. The summed E-state index contributed by atoms with van der Waals surface area (Å²) in [5, 5.41) is 3.95. The summed E-state index contributed by atoms with van der Waals surface area (Å²) < 4.78 is 44.7. The predicted octanol–water partition coefficient (Wildman–Crippen LogP) is 3.53. The largest absolute Gasteiger partial charge is 0.394 e. The first-order chi connectivity index (χ1) is 10.6. The SMILES string of the molecule is CCc1noc(CC)c1CC(=O)N1CC[C@@H](C(F)(F)F)C1(C)C. The van der Waals surface area contributed by atoms with Crippen molar-refractivity contribution in [2.24, 2.45) is 5.92 Å². The number of carbonyl (C=O) groups is 1. The van der Waals surface area contributed by atoms with E-state index in [1.165, 1.54) is 18.7 Å². The fourth-order valence-corrected chi connectivity index (χ4v) is 3.48. The summed E-state index contributed by atoms with van der Waals surface area (Å²) in [6.45, 7) is 6.92. The zero-order valence-corrected chi connectivity index (χ0v) is 14.0. The van der Waals surface area contributed by atoms with Crippen LogP contribution in [0.2, 0.25) is 0 Å². The number of nitrogens with zero attached hydrogens (tertiary/aromatic N) is 2. The summed E-state index contributed by atoms with van der Waals surface area (Å²) in [5.74, 6) is -1.15. The lowest BCUT2D eigenvalue weighted by atomic mass is 9.87. The number of amides is 1. The van der Waals surface area contributed by atoms with Crippen LogP contribution in [0.15, 0.2) is 4.52 Å². The standard InChI is InChI=1S/C16H23F3N2O2/c1-5-11-10(12(6-2)23-20-11)9-14(22)21-8-7-13(15(21,3)4)16(17,18)19/h13H,5-9H2,1-4H3/t13-/m1/s1. The van der Waals surface area contributed by atoms with Crippen molar-refractivity contribution < 1.29 is 22.5 Å². The molecular formula is C16H23F3N2O2. The van der Waals surface area contributed by atoms with E-state index in [9.17, 15) is 18.0 Å². The fraction of sp³-hybridized carbons (Fsp3) is 0.750. The van der Waals surface area contributed by atoms with Crippen LogP contribution in [0.4, 0.5) is 13.2 Å². The van der Waals surface area contributed by atoms with Gasteiger partial charge in [-0.05, 0) is 26.7 Å². The van der Waals surface area contributed by atoms with Gasteiger partial charge in [0.1, 0.15) is 5.76 Å². The zero-order chi connectivity index (χ0) is 17.4. The molecule has 0 N–H and O–H groups in total. The Bertz CT molecular complexity index is 557. The maximum absolute atomic E-state index is 13.1. The molecule has 0 aromatic carbocycles. The lowest BCUT2D eigenvalue weighted by molar-refractivity contribution is -0.192. The molecule has 23 heavy (non-hydrogen) atoms. The minimum atomic E-state index is -4.29. The molecule has 1 amide bonds. The maximum Gasteiger partial charge on any atom is 0.394 e. The Morgan fingerprint density at radius 3 is 2.48 bits per heavy atom. The van der Waals surface area contributed by atoms with E-state index in [2.05, 4.69) is 5.16 Å². The van der Waals surface area contributed by atoms with Gasteiger partial charge in [-0.1, -0.05) is 19.0 Å². The van der Waals surface area contributed by atoms with Gasteiger partial charge in [0.25, 0.3) is 0 Å². The highest BCUT2D eigenvalue weighted by Gasteiger charge is 2.56. The van der Waals surface area contributed by atoms with Crippen molar-refractivity contribution in [3.63, 3.8) is 0 Å². The Kier molecular flexibility index (Phi) is 4.78. The first kappa shape index (κ1) is 17.8. The van der Waals surface area contributed by atoms with E-state index in [0.717, 1.165) is 5.56 Å². The predicted molar refractivity (Wildman–Crippen MR) is 78.9 cm³/mol. The van der Waals surface area contributed by atoms with Crippen molar-refractivity contribution in [1.29, 1.82) is 0 Å². The van der Waals surface area contributed by atoms with E-state index in [1.54, 1.807) is 0 Å². The highest BCUT2D eigenvalue weighted by molar-refractivity contribution is 5.80. The molecule has 130 valence electrons. The van der Waals surface area contributed by atoms with Gasteiger partial charge in [-0.2, -0.15) is 13.2 Å². The monoisotopic (exact) mass is 332 g/mol. The molecule has 1 aromatic rings. The quantitative estimate of drug-likeness (QED) is 0.847. The molecule has 7 heteroatoms. The molecule has 2 rings (SSSR count). The smallest absolute Gasteiger partial charge is 0.361 e. The van der Waals surface area contributed by atoms with Gasteiger partial charge in [0.05, 0.1) is 18.0 Å². The molecular weight excluding hydrogens is 309 g/mol. The first-order valence-electron chi connectivity index (χ1n) is 7.96.